The molecule has 0 bridgehead atoms. The Kier molecular flexibility index (Phi) is 2.79. The van der Waals surface area contributed by atoms with Crippen molar-refractivity contribution in [2.75, 3.05) is 24.6 Å². The molecule has 1 aliphatic heterocycles. The lowest BCUT2D eigenvalue weighted by atomic mass is 10.1. The molecule has 0 saturated carbocycles. The number of aromatic nitrogens is 3. The molecule has 0 spiro atoms. The van der Waals surface area contributed by atoms with Gasteiger partial charge in [0.2, 0.25) is 0 Å². The van der Waals surface area contributed by atoms with Crippen molar-refractivity contribution >= 4 is 27.4 Å². The topological polar surface area (TPSA) is 42.7 Å². The van der Waals surface area contributed by atoms with E-state index in [2.05, 4.69) is 44.6 Å². The molecule has 0 aromatic carbocycles. The van der Waals surface area contributed by atoms with Gasteiger partial charge in [0.25, 0.3) is 0 Å². The van der Waals surface area contributed by atoms with Crippen LogP contribution in [0.2, 0.25) is 0 Å². The fourth-order valence-electron chi connectivity index (χ4n) is 2.29. The van der Waals surface area contributed by atoms with Crippen LogP contribution in [-0.2, 0) is 4.74 Å². The molecule has 2 aromatic rings. The van der Waals surface area contributed by atoms with Crippen LogP contribution in [0.5, 0.6) is 0 Å². The van der Waals surface area contributed by atoms with E-state index in [-0.39, 0.29) is 5.60 Å². The van der Waals surface area contributed by atoms with Gasteiger partial charge in [-0.1, -0.05) is 0 Å². The van der Waals surface area contributed by atoms with E-state index >= 15 is 0 Å². The summed E-state index contributed by atoms with van der Waals surface area (Å²) in [6.07, 6.45) is 5.63. The van der Waals surface area contributed by atoms with Gasteiger partial charge in [0.05, 0.1) is 12.2 Å². The van der Waals surface area contributed by atoms with E-state index < -0.39 is 0 Å². The fraction of sp³-hybridized carbons (Fsp3) is 0.500. The Morgan fingerprint density at radius 2 is 2.28 bits per heavy atom. The molecule has 1 fully saturated rings. The summed E-state index contributed by atoms with van der Waals surface area (Å²) in [7, 11) is 0. The van der Waals surface area contributed by atoms with Gasteiger partial charge in [0.1, 0.15) is 4.60 Å². The largest absolute Gasteiger partial charge is 0.372 e. The summed E-state index contributed by atoms with van der Waals surface area (Å²) in [5, 5.41) is 0. The van der Waals surface area contributed by atoms with Crippen LogP contribution in [0.3, 0.4) is 0 Å². The van der Waals surface area contributed by atoms with E-state index in [1.54, 1.807) is 6.20 Å². The van der Waals surface area contributed by atoms with Crippen LogP contribution < -0.4 is 4.90 Å². The normalized spacial score (nSPS) is 19.4. The third kappa shape index (κ3) is 2.10. The zero-order valence-electron chi connectivity index (χ0n) is 10.4. The molecule has 3 heterocycles. The highest BCUT2D eigenvalue weighted by Crippen LogP contribution is 2.25. The smallest absolute Gasteiger partial charge is 0.180 e. The SMILES string of the molecule is CC1(C)CN(c2nc(Br)cn3ccnc23)CCO1. The van der Waals surface area contributed by atoms with E-state index in [4.69, 9.17) is 4.74 Å². The first kappa shape index (κ1) is 11.9. The molecule has 2 aromatic heterocycles. The van der Waals surface area contributed by atoms with Gasteiger partial charge in [0, 0.05) is 31.7 Å². The minimum atomic E-state index is -0.147. The van der Waals surface area contributed by atoms with Gasteiger partial charge in [-0.15, -0.1) is 0 Å². The van der Waals surface area contributed by atoms with E-state index in [0.717, 1.165) is 29.2 Å². The van der Waals surface area contributed by atoms with Crippen LogP contribution >= 0.6 is 15.9 Å². The molecule has 0 atom stereocenters. The van der Waals surface area contributed by atoms with Crippen molar-refractivity contribution in [1.29, 1.82) is 0 Å². The fourth-order valence-corrected chi connectivity index (χ4v) is 2.68. The van der Waals surface area contributed by atoms with Crippen molar-refractivity contribution in [3.63, 3.8) is 0 Å². The van der Waals surface area contributed by atoms with Gasteiger partial charge in [-0.2, -0.15) is 0 Å². The number of hydrogen-bond donors (Lipinski definition) is 0. The van der Waals surface area contributed by atoms with Crippen molar-refractivity contribution in [3.05, 3.63) is 23.2 Å². The number of rotatable bonds is 1. The van der Waals surface area contributed by atoms with Gasteiger partial charge in [-0.3, -0.25) is 0 Å². The number of nitrogens with zero attached hydrogens (tertiary/aromatic N) is 4. The number of morpholine rings is 1. The third-order valence-electron chi connectivity index (χ3n) is 3.05. The third-order valence-corrected chi connectivity index (χ3v) is 3.43. The number of halogens is 1. The number of anilines is 1. The molecule has 3 rings (SSSR count). The summed E-state index contributed by atoms with van der Waals surface area (Å²) in [6, 6.07) is 0. The minimum Gasteiger partial charge on any atom is -0.372 e. The molecule has 6 heteroatoms. The van der Waals surface area contributed by atoms with E-state index in [1.165, 1.54) is 0 Å². The zero-order chi connectivity index (χ0) is 12.8. The van der Waals surface area contributed by atoms with Gasteiger partial charge in [-0.25, -0.2) is 9.97 Å². The second-order valence-electron chi connectivity index (χ2n) is 5.08. The number of fused-ring (bicyclic) bond motifs is 1. The Morgan fingerprint density at radius 3 is 3.06 bits per heavy atom. The van der Waals surface area contributed by atoms with Gasteiger partial charge >= 0.3 is 0 Å². The lowest BCUT2D eigenvalue weighted by Gasteiger charge is -2.38. The number of hydrogen-bond acceptors (Lipinski definition) is 4. The lowest BCUT2D eigenvalue weighted by Crippen LogP contribution is -2.48. The summed E-state index contributed by atoms with van der Waals surface area (Å²) in [4.78, 5) is 11.2. The van der Waals surface area contributed by atoms with Gasteiger partial charge in [0.15, 0.2) is 11.5 Å². The predicted molar refractivity (Wildman–Crippen MR) is 72.9 cm³/mol. The summed E-state index contributed by atoms with van der Waals surface area (Å²) < 4.78 is 8.53. The Bertz CT molecular complexity index is 580. The maximum atomic E-state index is 5.73. The number of ether oxygens (including phenoxy) is 1. The predicted octanol–water partition coefficient (Wildman–Crippen LogP) is 2.11. The molecule has 5 nitrogen and oxygen atoms in total. The Labute approximate surface area is 114 Å². The van der Waals surface area contributed by atoms with E-state index in [9.17, 15) is 0 Å². The standard InChI is InChI=1S/C12H15BrN4O/c1-12(2)8-17(5-6-18-12)11-10-14-3-4-16(10)7-9(13)15-11/h3-4,7H,5-6,8H2,1-2H3. The molecule has 0 N–H and O–H groups in total. The maximum absolute atomic E-state index is 5.73. The highest BCUT2D eigenvalue weighted by Gasteiger charge is 2.29. The summed E-state index contributed by atoms with van der Waals surface area (Å²) >= 11 is 3.45. The first-order valence-corrected chi connectivity index (χ1v) is 6.73. The molecule has 0 amide bonds. The Hall–Kier alpha value is -1.14. The Balaban J connectivity index is 2.05. The van der Waals surface area contributed by atoms with E-state index in [1.807, 2.05) is 16.8 Å². The maximum Gasteiger partial charge on any atom is 0.180 e. The average molecular weight is 311 g/mol. The Morgan fingerprint density at radius 1 is 1.44 bits per heavy atom. The van der Waals surface area contributed by atoms with Crippen molar-refractivity contribution in [3.8, 4) is 0 Å². The van der Waals surface area contributed by atoms with Crippen LogP contribution in [0.25, 0.3) is 5.65 Å². The molecule has 1 saturated heterocycles. The van der Waals surface area contributed by atoms with Crippen LogP contribution in [0.1, 0.15) is 13.8 Å². The molecule has 0 aliphatic carbocycles. The summed E-state index contributed by atoms with van der Waals surface area (Å²) in [5.41, 5.74) is 0.738. The van der Waals surface area contributed by atoms with Crippen molar-refractivity contribution in [2.45, 2.75) is 19.4 Å². The second kappa shape index (κ2) is 4.20. The molecule has 1 aliphatic rings. The van der Waals surface area contributed by atoms with Crippen LogP contribution in [0, 0.1) is 0 Å². The summed E-state index contributed by atoms with van der Waals surface area (Å²) in [6.45, 7) is 6.57. The van der Waals surface area contributed by atoms with Gasteiger partial charge < -0.3 is 14.0 Å². The molecule has 0 radical (unpaired) electrons. The lowest BCUT2D eigenvalue weighted by molar-refractivity contribution is -0.0278. The van der Waals surface area contributed by atoms with Crippen LogP contribution in [-0.4, -0.2) is 39.7 Å². The van der Waals surface area contributed by atoms with Crippen LogP contribution in [0.4, 0.5) is 5.82 Å². The van der Waals surface area contributed by atoms with Crippen molar-refractivity contribution in [2.24, 2.45) is 0 Å². The van der Waals surface area contributed by atoms with Crippen LogP contribution in [0.15, 0.2) is 23.2 Å². The second-order valence-corrected chi connectivity index (χ2v) is 5.89. The quantitative estimate of drug-likeness (QED) is 0.809. The highest BCUT2D eigenvalue weighted by molar-refractivity contribution is 9.10. The molecule has 96 valence electrons. The van der Waals surface area contributed by atoms with Gasteiger partial charge in [-0.05, 0) is 29.8 Å². The molecular formula is C12H15BrN4O. The zero-order valence-corrected chi connectivity index (χ0v) is 12.0. The molecule has 0 unspecified atom stereocenters. The first-order chi connectivity index (χ1) is 8.55. The first-order valence-electron chi connectivity index (χ1n) is 5.93. The minimum absolute atomic E-state index is 0.147. The molecule has 18 heavy (non-hydrogen) atoms. The van der Waals surface area contributed by atoms with Crippen molar-refractivity contribution < 1.29 is 4.74 Å². The summed E-state index contributed by atoms with van der Waals surface area (Å²) in [5.74, 6) is 0.908. The average Bonchev–Trinajstić information content (AvgIpc) is 2.74. The van der Waals surface area contributed by atoms with E-state index in [0.29, 0.717) is 6.61 Å². The van der Waals surface area contributed by atoms with Crippen molar-refractivity contribution in [1.82, 2.24) is 14.4 Å². The highest BCUT2D eigenvalue weighted by atomic mass is 79.9. The molecular weight excluding hydrogens is 296 g/mol. The monoisotopic (exact) mass is 310 g/mol. The number of imidazole rings is 1.